The summed E-state index contributed by atoms with van der Waals surface area (Å²) in [7, 11) is -3.59. The molecule has 1 fully saturated rings. The molecule has 1 aliphatic rings. The van der Waals surface area contributed by atoms with Gasteiger partial charge in [0.15, 0.2) is 0 Å². The Bertz CT molecular complexity index is 999. The number of benzene rings is 2. The van der Waals surface area contributed by atoms with E-state index < -0.39 is 10.0 Å². The van der Waals surface area contributed by atoms with Crippen molar-refractivity contribution in [1.29, 1.82) is 0 Å². The molecule has 31 heavy (non-hydrogen) atoms. The molecular weight excluding hydrogens is 455 g/mol. The molecule has 8 heteroatoms. The molecule has 2 atom stereocenters. The van der Waals surface area contributed by atoms with Crippen LogP contribution in [0, 0.1) is 5.92 Å². The van der Waals surface area contributed by atoms with Gasteiger partial charge < -0.3 is 5.32 Å². The van der Waals surface area contributed by atoms with Gasteiger partial charge in [-0.05, 0) is 55.9 Å². The normalized spacial score (nSPS) is 18.5. The first-order chi connectivity index (χ1) is 14.7. The van der Waals surface area contributed by atoms with Crippen LogP contribution in [-0.4, -0.2) is 37.8 Å². The molecule has 1 amide bonds. The number of carbonyl (C=O) groups is 1. The van der Waals surface area contributed by atoms with Gasteiger partial charge in [0.05, 0.1) is 11.7 Å². The Balaban J connectivity index is 1.55. The maximum Gasteiger partial charge on any atom is 0.224 e. The molecule has 0 spiro atoms. The summed E-state index contributed by atoms with van der Waals surface area (Å²) >= 11 is 12.1. The Morgan fingerprint density at radius 3 is 2.65 bits per heavy atom. The third-order valence-corrected chi connectivity index (χ3v) is 7.98. The molecule has 2 aromatic rings. The number of nitrogens with one attached hydrogen (secondary N) is 1. The van der Waals surface area contributed by atoms with Crippen molar-refractivity contribution in [3.8, 4) is 0 Å². The van der Waals surface area contributed by atoms with Crippen LogP contribution in [0.1, 0.15) is 37.3 Å². The highest BCUT2D eigenvalue weighted by Gasteiger charge is 2.33. The van der Waals surface area contributed by atoms with E-state index in [9.17, 15) is 13.2 Å². The van der Waals surface area contributed by atoms with Gasteiger partial charge in [0.2, 0.25) is 15.9 Å². The van der Waals surface area contributed by atoms with Crippen LogP contribution in [0.2, 0.25) is 10.0 Å². The first kappa shape index (κ1) is 24.1. The molecule has 0 aliphatic carbocycles. The summed E-state index contributed by atoms with van der Waals surface area (Å²) in [5.74, 6) is -0.626. The number of halogens is 2. The SMILES string of the molecule is C[C@@H](CCc1ccccc1)NC(=O)[C@H]1CCCN(S(=O)(=O)Cc2ccc(Cl)cc2Cl)C1. The summed E-state index contributed by atoms with van der Waals surface area (Å²) in [6.45, 7) is 2.60. The van der Waals surface area contributed by atoms with Gasteiger partial charge in [-0.25, -0.2) is 12.7 Å². The molecule has 5 nitrogen and oxygen atoms in total. The largest absolute Gasteiger partial charge is 0.353 e. The van der Waals surface area contributed by atoms with Crippen LogP contribution in [-0.2, 0) is 27.0 Å². The average Bonchev–Trinajstić information content (AvgIpc) is 2.75. The van der Waals surface area contributed by atoms with Gasteiger partial charge in [-0.2, -0.15) is 0 Å². The molecule has 1 heterocycles. The van der Waals surface area contributed by atoms with Crippen molar-refractivity contribution >= 4 is 39.1 Å². The summed E-state index contributed by atoms with van der Waals surface area (Å²) in [5, 5.41) is 3.85. The Morgan fingerprint density at radius 2 is 1.94 bits per heavy atom. The summed E-state index contributed by atoms with van der Waals surface area (Å²) < 4.78 is 27.3. The summed E-state index contributed by atoms with van der Waals surface area (Å²) in [6, 6.07) is 15.0. The van der Waals surface area contributed by atoms with Crippen molar-refractivity contribution in [2.45, 2.75) is 44.4 Å². The number of amides is 1. The standard InChI is InChI=1S/C23H28Cl2N2O3S/c1-17(9-10-18-6-3-2-4-7-18)26-23(28)19-8-5-13-27(15-19)31(29,30)16-20-11-12-21(24)14-22(20)25/h2-4,6-7,11-12,14,17,19H,5,8-10,13,15-16H2,1H3,(H,26,28)/t17-,19-/m0/s1. The minimum atomic E-state index is -3.59. The van der Waals surface area contributed by atoms with Crippen molar-refractivity contribution in [2.24, 2.45) is 5.92 Å². The van der Waals surface area contributed by atoms with Crippen LogP contribution in [0.15, 0.2) is 48.5 Å². The smallest absolute Gasteiger partial charge is 0.224 e. The summed E-state index contributed by atoms with van der Waals surface area (Å²) in [6.07, 6.45) is 3.06. The van der Waals surface area contributed by atoms with Crippen LogP contribution >= 0.6 is 23.2 Å². The van der Waals surface area contributed by atoms with Crippen LogP contribution < -0.4 is 5.32 Å². The summed E-state index contributed by atoms with van der Waals surface area (Å²) in [5.41, 5.74) is 1.74. The molecule has 0 aromatic heterocycles. The number of sulfonamides is 1. The number of piperidine rings is 1. The Labute approximate surface area is 194 Å². The van der Waals surface area contributed by atoms with Gasteiger partial charge >= 0.3 is 0 Å². The van der Waals surface area contributed by atoms with Gasteiger partial charge in [0.25, 0.3) is 0 Å². The van der Waals surface area contributed by atoms with Crippen molar-refractivity contribution in [1.82, 2.24) is 9.62 Å². The maximum absolute atomic E-state index is 12.9. The van der Waals surface area contributed by atoms with E-state index in [1.165, 1.54) is 15.9 Å². The van der Waals surface area contributed by atoms with E-state index in [0.717, 1.165) is 12.8 Å². The first-order valence-corrected chi connectivity index (χ1v) is 12.9. The van der Waals surface area contributed by atoms with Crippen LogP contribution in [0.3, 0.4) is 0 Å². The highest BCUT2D eigenvalue weighted by Crippen LogP contribution is 2.26. The number of rotatable bonds is 8. The predicted molar refractivity (Wildman–Crippen MR) is 126 cm³/mol. The minimum Gasteiger partial charge on any atom is -0.353 e. The van der Waals surface area contributed by atoms with E-state index >= 15 is 0 Å². The lowest BCUT2D eigenvalue weighted by molar-refractivity contribution is -0.126. The van der Waals surface area contributed by atoms with E-state index in [2.05, 4.69) is 17.4 Å². The van der Waals surface area contributed by atoms with Crippen molar-refractivity contribution in [3.05, 3.63) is 69.7 Å². The molecule has 3 rings (SSSR count). The van der Waals surface area contributed by atoms with Gasteiger partial charge in [0, 0.05) is 29.2 Å². The van der Waals surface area contributed by atoms with Gasteiger partial charge in [-0.1, -0.05) is 59.6 Å². The predicted octanol–water partition coefficient (Wildman–Crippen LogP) is 4.67. The third kappa shape index (κ3) is 6.94. The average molecular weight is 483 g/mol. The van der Waals surface area contributed by atoms with Crippen molar-refractivity contribution < 1.29 is 13.2 Å². The molecule has 0 saturated carbocycles. The molecule has 1 aliphatic heterocycles. The molecule has 168 valence electrons. The Kier molecular flexibility index (Phi) is 8.39. The topological polar surface area (TPSA) is 66.5 Å². The number of hydrogen-bond donors (Lipinski definition) is 1. The lowest BCUT2D eigenvalue weighted by atomic mass is 9.98. The zero-order chi connectivity index (χ0) is 22.4. The second-order valence-electron chi connectivity index (χ2n) is 8.12. The fraction of sp³-hybridized carbons (Fsp3) is 0.435. The number of carbonyl (C=O) groups excluding carboxylic acids is 1. The zero-order valence-electron chi connectivity index (χ0n) is 17.6. The van der Waals surface area contributed by atoms with E-state index in [1.54, 1.807) is 12.1 Å². The van der Waals surface area contributed by atoms with Crippen molar-refractivity contribution in [3.63, 3.8) is 0 Å². The monoisotopic (exact) mass is 482 g/mol. The van der Waals surface area contributed by atoms with E-state index in [0.29, 0.717) is 35.0 Å². The third-order valence-electron chi connectivity index (χ3n) is 5.60. The molecule has 0 bridgehead atoms. The van der Waals surface area contributed by atoms with E-state index in [4.69, 9.17) is 23.2 Å². The molecule has 0 radical (unpaired) electrons. The molecular formula is C23H28Cl2N2O3S. The zero-order valence-corrected chi connectivity index (χ0v) is 19.9. The van der Waals surface area contributed by atoms with E-state index in [-0.39, 0.29) is 30.2 Å². The second kappa shape index (κ2) is 10.8. The molecule has 2 aromatic carbocycles. The first-order valence-electron chi connectivity index (χ1n) is 10.5. The Hall–Kier alpha value is -1.60. The minimum absolute atomic E-state index is 0.0209. The van der Waals surface area contributed by atoms with Crippen LogP contribution in [0.4, 0.5) is 0 Å². The van der Waals surface area contributed by atoms with Crippen LogP contribution in [0.5, 0.6) is 0 Å². The van der Waals surface area contributed by atoms with Crippen molar-refractivity contribution in [2.75, 3.05) is 13.1 Å². The number of hydrogen-bond acceptors (Lipinski definition) is 3. The molecule has 1 saturated heterocycles. The maximum atomic E-state index is 12.9. The van der Waals surface area contributed by atoms with Crippen LogP contribution in [0.25, 0.3) is 0 Å². The Morgan fingerprint density at radius 1 is 1.19 bits per heavy atom. The van der Waals surface area contributed by atoms with Gasteiger partial charge in [-0.3, -0.25) is 4.79 Å². The van der Waals surface area contributed by atoms with E-state index in [1.807, 2.05) is 25.1 Å². The highest BCUT2D eigenvalue weighted by molar-refractivity contribution is 7.88. The fourth-order valence-corrected chi connectivity index (χ4v) is 5.99. The molecule has 0 unspecified atom stereocenters. The molecule has 1 N–H and O–H groups in total. The number of aryl methyl sites for hydroxylation is 1. The highest BCUT2D eigenvalue weighted by atomic mass is 35.5. The quantitative estimate of drug-likeness (QED) is 0.594. The van der Waals surface area contributed by atoms with Gasteiger partial charge in [-0.15, -0.1) is 0 Å². The van der Waals surface area contributed by atoms with Gasteiger partial charge in [0.1, 0.15) is 0 Å². The fourth-order valence-electron chi connectivity index (χ4n) is 3.80. The lowest BCUT2D eigenvalue weighted by Crippen LogP contribution is -2.47. The second-order valence-corrected chi connectivity index (χ2v) is 10.9. The summed E-state index contributed by atoms with van der Waals surface area (Å²) in [4.78, 5) is 12.8. The number of nitrogens with zero attached hydrogens (tertiary/aromatic N) is 1. The lowest BCUT2D eigenvalue weighted by Gasteiger charge is -2.32.